The third-order valence-electron chi connectivity index (χ3n) is 3.79. The molecule has 1 unspecified atom stereocenters. The van der Waals surface area contributed by atoms with E-state index in [1.165, 1.54) is 11.8 Å². The second-order valence-corrected chi connectivity index (χ2v) is 5.47. The van der Waals surface area contributed by atoms with Crippen molar-refractivity contribution in [2.24, 2.45) is 0 Å². The number of benzene rings is 1. The molecule has 2 amide bonds. The molecule has 1 heterocycles. The minimum atomic E-state index is -1.11. The average molecular weight is 320 g/mol. The number of ether oxygens (including phenoxy) is 1. The van der Waals surface area contributed by atoms with E-state index in [4.69, 9.17) is 9.84 Å². The van der Waals surface area contributed by atoms with Crippen molar-refractivity contribution in [3.63, 3.8) is 0 Å². The molecule has 124 valence electrons. The molecule has 1 aliphatic rings. The smallest absolute Gasteiger partial charge is 0.410 e. The monoisotopic (exact) mass is 320 g/mol. The van der Waals surface area contributed by atoms with Gasteiger partial charge in [0.25, 0.3) is 0 Å². The van der Waals surface area contributed by atoms with Crippen molar-refractivity contribution >= 4 is 18.0 Å². The van der Waals surface area contributed by atoms with Crippen LogP contribution in [0.25, 0.3) is 0 Å². The van der Waals surface area contributed by atoms with Crippen molar-refractivity contribution in [1.29, 1.82) is 0 Å². The van der Waals surface area contributed by atoms with E-state index in [0.717, 1.165) is 5.56 Å². The Morgan fingerprint density at radius 3 is 2.57 bits per heavy atom. The number of carbonyl (C=O) groups is 3. The van der Waals surface area contributed by atoms with Crippen molar-refractivity contribution in [2.45, 2.75) is 26.0 Å². The van der Waals surface area contributed by atoms with Crippen LogP contribution in [0, 0.1) is 0 Å². The number of amides is 2. The maximum Gasteiger partial charge on any atom is 0.410 e. The Hall–Kier alpha value is -2.57. The summed E-state index contributed by atoms with van der Waals surface area (Å²) in [7, 11) is 0. The molecule has 0 aromatic heterocycles. The summed E-state index contributed by atoms with van der Waals surface area (Å²) in [5.74, 6) is -1.19. The molecular weight excluding hydrogens is 300 g/mol. The van der Waals surface area contributed by atoms with Crippen LogP contribution in [0.3, 0.4) is 0 Å². The molecule has 0 aliphatic carbocycles. The zero-order chi connectivity index (χ0) is 16.8. The Morgan fingerprint density at radius 2 is 2.00 bits per heavy atom. The lowest BCUT2D eigenvalue weighted by atomic mass is 10.2. The third-order valence-corrected chi connectivity index (χ3v) is 3.79. The molecule has 1 fully saturated rings. The van der Waals surface area contributed by atoms with Gasteiger partial charge in [0.1, 0.15) is 13.2 Å². The van der Waals surface area contributed by atoms with Gasteiger partial charge in [-0.2, -0.15) is 0 Å². The molecule has 7 nitrogen and oxygen atoms in total. The largest absolute Gasteiger partial charge is 0.480 e. The molecule has 2 rings (SSSR count). The van der Waals surface area contributed by atoms with E-state index in [-0.39, 0.29) is 18.6 Å². The summed E-state index contributed by atoms with van der Waals surface area (Å²) in [6, 6.07) is 8.83. The molecule has 1 saturated heterocycles. The molecule has 1 aromatic carbocycles. The van der Waals surface area contributed by atoms with E-state index in [1.54, 1.807) is 4.90 Å². The summed E-state index contributed by atoms with van der Waals surface area (Å²) in [4.78, 5) is 37.5. The second-order valence-electron chi connectivity index (χ2n) is 5.47. The number of rotatable bonds is 5. The molecule has 1 atom stereocenters. The first kappa shape index (κ1) is 16.8. The highest BCUT2D eigenvalue weighted by atomic mass is 16.6. The van der Waals surface area contributed by atoms with E-state index in [9.17, 15) is 14.4 Å². The molecule has 0 spiro atoms. The standard InChI is InChI=1S/C16H20N2O5/c1-12(19)17-8-7-14(9-17)18(10-15(20)21)16(22)23-11-13-5-3-2-4-6-13/h2-6,14H,7-11H2,1H3,(H,20,21). The Labute approximate surface area is 134 Å². The summed E-state index contributed by atoms with van der Waals surface area (Å²) >= 11 is 0. The molecule has 1 aliphatic heterocycles. The predicted molar refractivity (Wildman–Crippen MR) is 81.6 cm³/mol. The number of likely N-dealkylation sites (tertiary alicyclic amines) is 1. The van der Waals surface area contributed by atoms with E-state index < -0.39 is 18.6 Å². The number of nitrogens with zero attached hydrogens (tertiary/aromatic N) is 2. The highest BCUT2D eigenvalue weighted by Crippen LogP contribution is 2.17. The van der Waals surface area contributed by atoms with Crippen LogP contribution in [0.5, 0.6) is 0 Å². The van der Waals surface area contributed by atoms with Gasteiger partial charge in [-0.15, -0.1) is 0 Å². The SMILES string of the molecule is CC(=O)N1CCC(N(CC(=O)O)C(=O)OCc2ccccc2)C1. The summed E-state index contributed by atoms with van der Waals surface area (Å²) in [5, 5.41) is 9.02. The van der Waals surface area contributed by atoms with Crippen LogP contribution in [0.2, 0.25) is 0 Å². The lowest BCUT2D eigenvalue weighted by Crippen LogP contribution is -2.45. The molecule has 0 radical (unpaired) electrons. The highest BCUT2D eigenvalue weighted by Gasteiger charge is 2.33. The number of carbonyl (C=O) groups excluding carboxylic acids is 2. The van der Waals surface area contributed by atoms with E-state index >= 15 is 0 Å². The molecule has 1 aromatic rings. The van der Waals surface area contributed by atoms with Crippen LogP contribution in [-0.2, 0) is 20.9 Å². The van der Waals surface area contributed by atoms with Gasteiger partial charge in [-0.05, 0) is 12.0 Å². The maximum absolute atomic E-state index is 12.3. The number of hydrogen-bond acceptors (Lipinski definition) is 4. The minimum absolute atomic E-state index is 0.0823. The number of carboxylic acid groups (broad SMARTS) is 1. The van der Waals surface area contributed by atoms with Gasteiger partial charge >= 0.3 is 12.1 Å². The van der Waals surface area contributed by atoms with E-state index in [1.807, 2.05) is 30.3 Å². The van der Waals surface area contributed by atoms with Crippen molar-refractivity contribution in [3.05, 3.63) is 35.9 Å². The van der Waals surface area contributed by atoms with Crippen LogP contribution in [0.15, 0.2) is 30.3 Å². The number of aliphatic carboxylic acids is 1. The van der Waals surface area contributed by atoms with Crippen LogP contribution >= 0.6 is 0 Å². The first-order chi connectivity index (χ1) is 11.0. The first-order valence-electron chi connectivity index (χ1n) is 7.42. The van der Waals surface area contributed by atoms with Gasteiger partial charge in [-0.3, -0.25) is 14.5 Å². The zero-order valence-electron chi connectivity index (χ0n) is 13.0. The fourth-order valence-electron chi connectivity index (χ4n) is 2.57. The van der Waals surface area contributed by atoms with Gasteiger partial charge in [0.05, 0.1) is 6.04 Å². The van der Waals surface area contributed by atoms with Crippen molar-refractivity contribution in [1.82, 2.24) is 9.80 Å². The number of carboxylic acids is 1. The Bertz CT molecular complexity index is 575. The van der Waals surface area contributed by atoms with Gasteiger partial charge in [0, 0.05) is 20.0 Å². The Kier molecular flexibility index (Phi) is 5.56. The summed E-state index contributed by atoms with van der Waals surface area (Å²) in [6.45, 7) is 1.95. The molecule has 23 heavy (non-hydrogen) atoms. The van der Waals surface area contributed by atoms with Gasteiger partial charge < -0.3 is 14.7 Å². The first-order valence-corrected chi connectivity index (χ1v) is 7.42. The lowest BCUT2D eigenvalue weighted by Gasteiger charge is -2.26. The minimum Gasteiger partial charge on any atom is -0.480 e. The molecule has 1 N–H and O–H groups in total. The van der Waals surface area contributed by atoms with Crippen LogP contribution in [-0.4, -0.2) is 58.6 Å². The fraction of sp³-hybridized carbons (Fsp3) is 0.438. The molecule has 0 bridgehead atoms. The third kappa shape index (κ3) is 4.70. The normalized spacial score (nSPS) is 16.9. The number of hydrogen-bond donors (Lipinski definition) is 1. The fourth-order valence-corrected chi connectivity index (χ4v) is 2.57. The second kappa shape index (κ2) is 7.62. The highest BCUT2D eigenvalue weighted by molar-refractivity contribution is 5.77. The molecule has 0 saturated carbocycles. The van der Waals surface area contributed by atoms with Crippen molar-refractivity contribution < 1.29 is 24.2 Å². The van der Waals surface area contributed by atoms with Gasteiger partial charge in [0.15, 0.2) is 0 Å². The summed E-state index contributed by atoms with van der Waals surface area (Å²) in [5.41, 5.74) is 0.827. The van der Waals surface area contributed by atoms with Crippen molar-refractivity contribution in [3.8, 4) is 0 Å². The molecular formula is C16H20N2O5. The summed E-state index contributed by atoms with van der Waals surface area (Å²) < 4.78 is 5.22. The Balaban J connectivity index is 1.98. The average Bonchev–Trinajstić information content (AvgIpc) is 3.01. The van der Waals surface area contributed by atoms with Crippen molar-refractivity contribution in [2.75, 3.05) is 19.6 Å². The predicted octanol–water partition coefficient (Wildman–Crippen LogP) is 1.33. The van der Waals surface area contributed by atoms with Crippen LogP contribution < -0.4 is 0 Å². The van der Waals surface area contributed by atoms with Gasteiger partial charge in [-0.25, -0.2) is 4.79 Å². The lowest BCUT2D eigenvalue weighted by molar-refractivity contribution is -0.138. The Morgan fingerprint density at radius 1 is 1.30 bits per heavy atom. The zero-order valence-corrected chi connectivity index (χ0v) is 13.0. The van der Waals surface area contributed by atoms with Gasteiger partial charge in [0.2, 0.25) is 5.91 Å². The van der Waals surface area contributed by atoms with Gasteiger partial charge in [-0.1, -0.05) is 30.3 Å². The maximum atomic E-state index is 12.3. The van der Waals surface area contributed by atoms with E-state index in [2.05, 4.69) is 0 Å². The quantitative estimate of drug-likeness (QED) is 0.884. The molecule has 7 heteroatoms. The van der Waals surface area contributed by atoms with E-state index in [0.29, 0.717) is 19.5 Å². The topological polar surface area (TPSA) is 87.2 Å². The summed E-state index contributed by atoms with van der Waals surface area (Å²) in [6.07, 6.45) is -0.125. The van der Waals surface area contributed by atoms with Crippen LogP contribution in [0.4, 0.5) is 4.79 Å². The van der Waals surface area contributed by atoms with Crippen LogP contribution in [0.1, 0.15) is 18.9 Å².